The highest BCUT2D eigenvalue weighted by Crippen LogP contribution is 2.37. The van der Waals surface area contributed by atoms with Gasteiger partial charge < -0.3 is 15.2 Å². The van der Waals surface area contributed by atoms with Gasteiger partial charge in [-0.15, -0.1) is 0 Å². The molecule has 1 fully saturated rings. The molecule has 1 atom stereocenters. The van der Waals surface area contributed by atoms with Crippen LogP contribution < -0.4 is 10.1 Å². The molecule has 1 saturated heterocycles. The molecular weight excluding hydrogens is 480 g/mol. The molecule has 7 nitrogen and oxygen atoms in total. The molecule has 0 spiro atoms. The lowest BCUT2D eigenvalue weighted by Crippen LogP contribution is -2.64. The van der Waals surface area contributed by atoms with Crippen molar-refractivity contribution < 1.29 is 22.7 Å². The molecule has 11 heteroatoms. The number of benzene rings is 2. The summed E-state index contributed by atoms with van der Waals surface area (Å²) in [5.41, 5.74) is -0.697. The zero-order valence-corrected chi connectivity index (χ0v) is 19.5. The molecule has 1 aliphatic rings. The predicted octanol–water partition coefficient (Wildman–Crippen LogP) is 3.04. The summed E-state index contributed by atoms with van der Waals surface area (Å²) in [6.45, 7) is 2.71. The Hall–Kier alpha value is -1.93. The Labute approximate surface area is 196 Å². The van der Waals surface area contributed by atoms with Gasteiger partial charge in [-0.2, -0.15) is 9.57 Å². The number of hydrogen-bond donors (Lipinski definition) is 2. The number of ether oxygens (including phenoxy) is 1. The summed E-state index contributed by atoms with van der Waals surface area (Å²) in [6, 6.07) is 9.87. The molecule has 2 aromatic rings. The summed E-state index contributed by atoms with van der Waals surface area (Å²) in [4.78, 5) is -0.0378. The summed E-state index contributed by atoms with van der Waals surface area (Å²) in [5.74, 6) is -0.458. The van der Waals surface area contributed by atoms with E-state index in [0.717, 1.165) is 6.07 Å². The van der Waals surface area contributed by atoms with E-state index >= 15 is 0 Å². The number of nitrogens with one attached hydrogen (secondary N) is 1. The van der Waals surface area contributed by atoms with E-state index in [1.54, 1.807) is 13.0 Å². The van der Waals surface area contributed by atoms with E-state index < -0.39 is 27.4 Å². The van der Waals surface area contributed by atoms with Gasteiger partial charge in [0.05, 0.1) is 23.3 Å². The maximum Gasteiger partial charge on any atom is 0.244 e. The van der Waals surface area contributed by atoms with Crippen LogP contribution in [0.25, 0.3) is 0 Å². The Morgan fingerprint density at radius 2 is 2.03 bits per heavy atom. The molecule has 0 amide bonds. The fourth-order valence-electron chi connectivity index (χ4n) is 3.41. The number of rotatable bonds is 9. The minimum Gasteiger partial charge on any atom is -0.493 e. The van der Waals surface area contributed by atoms with Gasteiger partial charge in [-0.1, -0.05) is 23.2 Å². The molecule has 0 aromatic heterocycles. The zero-order valence-electron chi connectivity index (χ0n) is 17.2. The number of aliphatic hydroxyl groups excluding tert-OH is 1. The first-order valence-electron chi connectivity index (χ1n) is 9.73. The average Bonchev–Trinajstić information content (AvgIpc) is 2.68. The summed E-state index contributed by atoms with van der Waals surface area (Å²) < 4.78 is 47.0. The molecule has 1 aliphatic heterocycles. The van der Waals surface area contributed by atoms with Crippen LogP contribution in [-0.4, -0.2) is 56.7 Å². The van der Waals surface area contributed by atoms with Crippen molar-refractivity contribution in [3.63, 3.8) is 0 Å². The molecule has 0 aliphatic carbocycles. The molecular formula is C21H22Cl2FN3O4S. The van der Waals surface area contributed by atoms with E-state index in [4.69, 9.17) is 33.2 Å². The number of sulfonamides is 1. The quantitative estimate of drug-likeness (QED) is 0.547. The average molecular weight is 502 g/mol. The zero-order chi connectivity index (χ0) is 23.5. The van der Waals surface area contributed by atoms with Crippen molar-refractivity contribution in [3.05, 3.63) is 57.8 Å². The van der Waals surface area contributed by atoms with Crippen molar-refractivity contribution in [1.82, 2.24) is 9.62 Å². The molecule has 1 heterocycles. The highest BCUT2D eigenvalue weighted by molar-refractivity contribution is 7.89. The molecule has 172 valence electrons. The fourth-order valence-corrected chi connectivity index (χ4v) is 5.82. The molecule has 2 N–H and O–H groups in total. The minimum absolute atomic E-state index is 0.0338. The summed E-state index contributed by atoms with van der Waals surface area (Å²) in [5, 5.41) is 21.8. The minimum atomic E-state index is -3.85. The number of aliphatic hydroxyl groups is 1. The largest absolute Gasteiger partial charge is 0.493 e. The first-order valence-corrected chi connectivity index (χ1v) is 11.9. The van der Waals surface area contributed by atoms with Gasteiger partial charge in [-0.3, -0.25) is 0 Å². The molecule has 1 unspecified atom stereocenters. The van der Waals surface area contributed by atoms with Crippen LogP contribution >= 0.6 is 23.2 Å². The Bertz CT molecular complexity index is 1130. The topological polar surface area (TPSA) is 103 Å². The molecule has 0 saturated carbocycles. The van der Waals surface area contributed by atoms with Crippen LogP contribution in [0.15, 0.2) is 41.3 Å². The Morgan fingerprint density at radius 3 is 2.62 bits per heavy atom. The summed E-state index contributed by atoms with van der Waals surface area (Å²) >= 11 is 12.0. The molecule has 0 radical (unpaired) electrons. The van der Waals surface area contributed by atoms with Crippen LogP contribution in [0.1, 0.15) is 12.5 Å². The monoisotopic (exact) mass is 501 g/mol. The number of hydrogen-bond acceptors (Lipinski definition) is 6. The van der Waals surface area contributed by atoms with Crippen molar-refractivity contribution in [2.75, 3.05) is 32.8 Å². The van der Waals surface area contributed by atoms with Crippen molar-refractivity contribution in [2.24, 2.45) is 5.41 Å². The number of nitriles is 1. The summed E-state index contributed by atoms with van der Waals surface area (Å²) in [7, 11) is -3.85. The van der Waals surface area contributed by atoms with Crippen LogP contribution in [0, 0.1) is 22.6 Å². The van der Waals surface area contributed by atoms with Crippen molar-refractivity contribution >= 4 is 33.2 Å². The normalized spacial score (nSPS) is 16.8. The van der Waals surface area contributed by atoms with Crippen molar-refractivity contribution in [1.29, 1.82) is 5.26 Å². The van der Waals surface area contributed by atoms with Gasteiger partial charge in [0.25, 0.3) is 0 Å². The third-order valence-electron chi connectivity index (χ3n) is 5.08. The lowest BCUT2D eigenvalue weighted by Gasteiger charge is -2.49. The fraction of sp³-hybridized carbons (Fsp3) is 0.381. The van der Waals surface area contributed by atoms with Crippen LogP contribution in [0.4, 0.5) is 4.39 Å². The molecule has 2 aromatic carbocycles. The van der Waals surface area contributed by atoms with E-state index in [-0.39, 0.29) is 40.9 Å². The third kappa shape index (κ3) is 5.52. The van der Waals surface area contributed by atoms with Gasteiger partial charge in [-0.25, -0.2) is 12.8 Å². The second-order valence-corrected chi connectivity index (χ2v) is 10.6. The first kappa shape index (κ1) is 24.7. The van der Waals surface area contributed by atoms with Crippen LogP contribution in [-0.2, 0) is 10.0 Å². The van der Waals surface area contributed by atoms with Gasteiger partial charge in [0.2, 0.25) is 10.0 Å². The Morgan fingerprint density at radius 1 is 1.31 bits per heavy atom. The Balaban J connectivity index is 1.74. The molecule has 0 bridgehead atoms. The standard InChI is InChI=1S/C21H22Cl2FN3O4S/c1-14(28)9-26-10-21(13-31-17-4-2-15(8-25)19(24)7-17)11-27(12-21)32(29,30)20-5-3-16(22)6-18(20)23/h2-7,14,26,28H,9-13H2,1H3. The Kier molecular flexibility index (Phi) is 7.65. The highest BCUT2D eigenvalue weighted by atomic mass is 35.5. The maximum atomic E-state index is 13.9. The van der Waals surface area contributed by atoms with E-state index in [1.165, 1.54) is 34.6 Å². The van der Waals surface area contributed by atoms with E-state index in [0.29, 0.717) is 18.1 Å². The third-order valence-corrected chi connectivity index (χ3v) is 7.59. The van der Waals surface area contributed by atoms with E-state index in [1.807, 2.05) is 0 Å². The lowest BCUT2D eigenvalue weighted by molar-refractivity contribution is 0.0172. The van der Waals surface area contributed by atoms with Crippen LogP contribution in [0.3, 0.4) is 0 Å². The van der Waals surface area contributed by atoms with Gasteiger partial charge in [0, 0.05) is 42.7 Å². The van der Waals surface area contributed by atoms with Gasteiger partial charge in [0.15, 0.2) is 0 Å². The SMILES string of the molecule is CC(O)CNCC1(COc2ccc(C#N)c(F)c2)CN(S(=O)(=O)c2ccc(Cl)cc2Cl)C1. The number of halogens is 3. The summed E-state index contributed by atoms with van der Waals surface area (Å²) in [6.07, 6.45) is -0.576. The van der Waals surface area contributed by atoms with Gasteiger partial charge in [0.1, 0.15) is 22.5 Å². The molecule has 32 heavy (non-hydrogen) atoms. The lowest BCUT2D eigenvalue weighted by atomic mass is 9.82. The molecule has 3 rings (SSSR count). The second-order valence-electron chi connectivity index (χ2n) is 7.87. The van der Waals surface area contributed by atoms with Crippen molar-refractivity contribution in [3.8, 4) is 11.8 Å². The van der Waals surface area contributed by atoms with E-state index in [2.05, 4.69) is 5.32 Å². The smallest absolute Gasteiger partial charge is 0.244 e. The van der Waals surface area contributed by atoms with Gasteiger partial charge >= 0.3 is 0 Å². The first-order chi connectivity index (χ1) is 15.1. The second kappa shape index (κ2) is 9.91. The van der Waals surface area contributed by atoms with Crippen molar-refractivity contribution in [2.45, 2.75) is 17.9 Å². The van der Waals surface area contributed by atoms with Crippen LogP contribution in [0.5, 0.6) is 5.75 Å². The highest BCUT2D eigenvalue weighted by Gasteiger charge is 2.49. The number of nitrogens with zero attached hydrogens (tertiary/aromatic N) is 2. The van der Waals surface area contributed by atoms with Gasteiger partial charge in [-0.05, 0) is 37.3 Å². The predicted molar refractivity (Wildman–Crippen MR) is 119 cm³/mol. The maximum absolute atomic E-state index is 13.9. The van der Waals surface area contributed by atoms with Crippen LogP contribution in [0.2, 0.25) is 10.0 Å². The van der Waals surface area contributed by atoms with E-state index in [9.17, 15) is 17.9 Å².